The highest BCUT2D eigenvalue weighted by atomic mass is 16.7. The van der Waals surface area contributed by atoms with Crippen molar-refractivity contribution in [1.29, 1.82) is 0 Å². The summed E-state index contributed by atoms with van der Waals surface area (Å²) in [5, 5.41) is 27.0. The molecule has 0 radical (unpaired) electrons. The smallest absolute Gasteiger partial charge is 0.309 e. The highest BCUT2D eigenvalue weighted by Gasteiger charge is 2.33. The van der Waals surface area contributed by atoms with Gasteiger partial charge in [-0.15, -0.1) is 0 Å². The molecule has 13 nitrogen and oxygen atoms in total. The fourth-order valence-corrected chi connectivity index (χ4v) is 14.4. The predicted octanol–water partition coefficient (Wildman–Crippen LogP) is 31.7. The van der Waals surface area contributed by atoms with Crippen molar-refractivity contribution >= 4 is 17.9 Å². The lowest BCUT2D eigenvalue weighted by molar-refractivity contribution is -0.154. The Morgan fingerprint density at radius 2 is 0.579 bits per heavy atom. The zero-order valence-electron chi connectivity index (χ0n) is 82.8. The predicted molar refractivity (Wildman–Crippen MR) is 527 cm³/mol. The Hall–Kier alpha value is -8.91. The van der Waals surface area contributed by atoms with E-state index in [-0.39, 0.29) is 48.4 Å². The van der Waals surface area contributed by atoms with Crippen LogP contribution in [-0.4, -0.2) is 65.6 Å². The molecular formula is C113H168O13. The second kappa shape index (κ2) is 60.8. The Bertz CT molecular complexity index is 3940. The summed E-state index contributed by atoms with van der Waals surface area (Å²) in [5.41, 5.74) is 12.6. The summed E-state index contributed by atoms with van der Waals surface area (Å²) in [7, 11) is 0. The number of rotatable bonds is 31. The lowest BCUT2D eigenvalue weighted by Crippen LogP contribution is -2.30. The molecule has 8 aromatic carbocycles. The van der Waals surface area contributed by atoms with Gasteiger partial charge in [0.05, 0.1) is 19.1 Å². The number of benzene rings is 8. The molecule has 13 heteroatoms. The molecule has 0 aliphatic heterocycles. The Morgan fingerprint density at radius 1 is 0.325 bits per heavy atom. The van der Waals surface area contributed by atoms with Gasteiger partial charge in [0.1, 0.15) is 46.9 Å². The monoisotopic (exact) mass is 1730 g/mol. The summed E-state index contributed by atoms with van der Waals surface area (Å²) in [6.07, 6.45) is 20.9. The SMILES string of the molecule is CCC(C)c1ccc(C(C)(C)C)cc1.CCC(C)c1ccc(O)cc1.CCC(C)c1ccc(O)cc1.CCC(C)c1ccc(O)cc1.CCC(C)c1ccc(OC(C)=O)cc1.CCC(C)c1ccc(OC(C)=O)cc1.CCC(C)c1ccc(OC(C)OCCC2CCCCC2)cc1.CCC(C)c1ccc(OC(C)OCCOC(=O)C2CCC(C(C)(C)C)CC2)cc1. The molecule has 2 aliphatic rings. The second-order valence-electron chi connectivity index (χ2n) is 37.1. The lowest BCUT2D eigenvalue weighted by atomic mass is 9.70. The molecule has 2 fully saturated rings. The van der Waals surface area contributed by atoms with Crippen LogP contribution in [0.15, 0.2) is 194 Å². The maximum Gasteiger partial charge on any atom is 0.309 e. The molecule has 3 N–H and O–H groups in total. The van der Waals surface area contributed by atoms with E-state index < -0.39 is 0 Å². The number of esters is 3. The molecule has 2 aliphatic carbocycles. The maximum atomic E-state index is 12.3. The van der Waals surface area contributed by atoms with Gasteiger partial charge in [-0.2, -0.15) is 0 Å². The molecule has 2 saturated carbocycles. The molecule has 10 unspecified atom stereocenters. The number of ether oxygens (including phenoxy) is 7. The van der Waals surface area contributed by atoms with Gasteiger partial charge in [0.15, 0.2) is 12.6 Å². The van der Waals surface area contributed by atoms with Crippen molar-refractivity contribution < 1.29 is 62.9 Å². The minimum Gasteiger partial charge on any atom is -0.508 e. The van der Waals surface area contributed by atoms with Crippen LogP contribution in [0.3, 0.4) is 0 Å². The minimum absolute atomic E-state index is 0.0475. The second-order valence-corrected chi connectivity index (χ2v) is 37.1. The maximum absolute atomic E-state index is 12.3. The van der Waals surface area contributed by atoms with E-state index in [1.165, 1.54) is 115 Å². The Labute approximate surface area is 764 Å². The van der Waals surface area contributed by atoms with E-state index in [0.717, 1.165) is 88.2 Å². The quantitative estimate of drug-likeness (QED) is 0.0162. The summed E-state index contributed by atoms with van der Waals surface area (Å²) in [6, 6.07) is 63.3. The molecule has 0 amide bonds. The van der Waals surface area contributed by atoms with Gasteiger partial charge in [-0.3, -0.25) is 14.4 Å². The summed E-state index contributed by atoms with van der Waals surface area (Å²) in [4.78, 5) is 33.6. The third-order valence-electron chi connectivity index (χ3n) is 25.1. The van der Waals surface area contributed by atoms with Crippen molar-refractivity contribution in [3.05, 3.63) is 244 Å². The lowest BCUT2D eigenvalue weighted by Gasteiger charge is -2.36. The van der Waals surface area contributed by atoms with Crippen molar-refractivity contribution in [2.45, 2.75) is 361 Å². The van der Waals surface area contributed by atoms with Gasteiger partial charge in [0, 0.05) is 13.8 Å². The van der Waals surface area contributed by atoms with Crippen LogP contribution in [0.25, 0.3) is 0 Å². The van der Waals surface area contributed by atoms with E-state index in [1.54, 1.807) is 36.4 Å². The molecule has 0 spiro atoms. The topological polar surface area (TPSA) is 177 Å². The molecule has 10 atom stereocenters. The van der Waals surface area contributed by atoms with E-state index >= 15 is 0 Å². The average molecular weight is 1730 g/mol. The van der Waals surface area contributed by atoms with Gasteiger partial charge in [-0.05, 0) is 302 Å². The molecule has 0 aromatic heterocycles. The zero-order chi connectivity index (χ0) is 93.9. The van der Waals surface area contributed by atoms with Gasteiger partial charge in [-0.1, -0.05) is 294 Å². The number of phenolic OH excluding ortho intramolecular Hbond substituents is 3. The van der Waals surface area contributed by atoms with Crippen LogP contribution in [0, 0.1) is 23.2 Å². The minimum atomic E-state index is -0.384. The van der Waals surface area contributed by atoms with Crippen molar-refractivity contribution in [2.75, 3.05) is 19.8 Å². The van der Waals surface area contributed by atoms with Crippen molar-refractivity contribution in [2.24, 2.45) is 23.2 Å². The average Bonchev–Trinajstić information content (AvgIpc) is 0.853. The molecule has 126 heavy (non-hydrogen) atoms. The van der Waals surface area contributed by atoms with Gasteiger partial charge in [0.25, 0.3) is 0 Å². The first kappa shape index (κ1) is 111. The highest BCUT2D eigenvalue weighted by Crippen LogP contribution is 2.41. The molecule has 10 rings (SSSR count). The number of hydrogen-bond acceptors (Lipinski definition) is 13. The molecule has 8 aromatic rings. The first-order valence-electron chi connectivity index (χ1n) is 47.8. The molecule has 0 saturated heterocycles. The Balaban J connectivity index is 0.000000382. The van der Waals surface area contributed by atoms with Crippen molar-refractivity contribution in [3.63, 3.8) is 0 Å². The molecule has 698 valence electrons. The highest BCUT2D eigenvalue weighted by molar-refractivity contribution is 5.72. The molecule has 0 bridgehead atoms. The summed E-state index contributed by atoms with van der Waals surface area (Å²) >= 11 is 0. The normalized spacial score (nSPS) is 16.0. The number of carbonyl (C=O) groups excluding carboxylic acids is 3. The van der Waals surface area contributed by atoms with Crippen molar-refractivity contribution in [3.8, 4) is 40.2 Å². The number of hydrogen-bond donors (Lipinski definition) is 3. The van der Waals surface area contributed by atoms with Crippen LogP contribution >= 0.6 is 0 Å². The Morgan fingerprint density at radius 3 is 0.833 bits per heavy atom. The van der Waals surface area contributed by atoms with E-state index in [0.29, 0.717) is 94.0 Å². The third kappa shape index (κ3) is 45.2. The van der Waals surface area contributed by atoms with E-state index in [9.17, 15) is 14.4 Å². The van der Waals surface area contributed by atoms with Crippen LogP contribution in [0.4, 0.5) is 0 Å². The first-order valence-corrected chi connectivity index (χ1v) is 47.8. The van der Waals surface area contributed by atoms with Crippen LogP contribution in [0.5, 0.6) is 40.2 Å². The standard InChI is InChI=1S/C25H40O4.C20H32O2.C14H22.2C12H16O2.3C10H14O/c1-7-18(2)20-10-14-23(15-11-20)29-19(3)27-16-17-28-24(26)21-8-12-22(13-9-21)25(4,5)6;1-4-16(2)19-10-12-20(13-11-19)22-17(3)21-15-14-18-8-6-5-7-9-18;1-6-11(2)12-7-9-13(10-8-12)14(3,4)5;2*1-4-9(2)11-5-7-12(8-6-11)14-10(3)13;3*1-3-8(2)9-4-6-10(11)7-5-9/h10-11,14-15,18-19,21-22H,7-9,12-13,16-17H2,1-6H3;10-13,16-18H,4-9,14-15H2,1-3H3;7-11H,6H2,1-5H3;2*5-9H,4H2,1-3H3;3*4-8,11H,3H2,1-2H3. The molecule has 0 heterocycles. The van der Waals surface area contributed by atoms with Crippen LogP contribution in [0.2, 0.25) is 0 Å². The number of aromatic hydroxyl groups is 3. The number of carbonyl (C=O) groups is 3. The summed E-state index contributed by atoms with van der Waals surface area (Å²) in [6.45, 7) is 56.9. The fourth-order valence-electron chi connectivity index (χ4n) is 14.4. The largest absolute Gasteiger partial charge is 0.508 e. The van der Waals surface area contributed by atoms with Gasteiger partial charge in [0.2, 0.25) is 0 Å². The fraction of sp³-hybridized carbons (Fsp3) is 0.549. The third-order valence-corrected chi connectivity index (χ3v) is 25.1. The van der Waals surface area contributed by atoms with E-state index in [1.807, 2.05) is 111 Å². The zero-order valence-corrected chi connectivity index (χ0v) is 82.8. The number of phenols is 3. The van der Waals surface area contributed by atoms with Gasteiger partial charge < -0.3 is 48.5 Å². The van der Waals surface area contributed by atoms with Gasteiger partial charge >= 0.3 is 17.9 Å². The summed E-state index contributed by atoms with van der Waals surface area (Å²) in [5.74, 6) is 9.68. The summed E-state index contributed by atoms with van der Waals surface area (Å²) < 4.78 is 38.4. The van der Waals surface area contributed by atoms with Crippen LogP contribution < -0.4 is 18.9 Å². The first-order chi connectivity index (χ1) is 59.8. The Kier molecular flexibility index (Phi) is 53.7. The van der Waals surface area contributed by atoms with E-state index in [4.69, 9.17) is 48.5 Å². The van der Waals surface area contributed by atoms with Crippen molar-refractivity contribution in [1.82, 2.24) is 0 Å². The van der Waals surface area contributed by atoms with E-state index in [2.05, 4.69) is 213 Å². The van der Waals surface area contributed by atoms with Crippen LogP contribution in [-0.2, 0) is 34.0 Å². The molecular weight excluding hydrogens is 1570 g/mol. The van der Waals surface area contributed by atoms with Gasteiger partial charge in [-0.25, -0.2) is 0 Å². The van der Waals surface area contributed by atoms with Crippen LogP contribution in [0.1, 0.15) is 393 Å².